The second kappa shape index (κ2) is 6.07. The van der Waals surface area contributed by atoms with Crippen LogP contribution in [0.3, 0.4) is 0 Å². The topological polar surface area (TPSA) is 33.7 Å². The van der Waals surface area contributed by atoms with E-state index in [-0.39, 0.29) is 0 Å². The van der Waals surface area contributed by atoms with Crippen LogP contribution in [0, 0.1) is 0 Å². The predicted octanol–water partition coefficient (Wildman–Crippen LogP) is 1.67. The lowest BCUT2D eigenvalue weighted by Crippen LogP contribution is -2.25. The number of nitrogens with zero attached hydrogens (tertiary/aromatic N) is 1. The van der Waals surface area contributed by atoms with Crippen molar-refractivity contribution < 1.29 is 9.47 Å². The maximum absolute atomic E-state index is 5.46. The SMILES string of the molecule is COc1ccc(OC)c(C2CCN(C)CCN2)c1. The van der Waals surface area contributed by atoms with Crippen LogP contribution in [-0.4, -0.2) is 45.8 Å². The number of methoxy groups -OCH3 is 2. The molecule has 4 nitrogen and oxygen atoms in total. The molecule has 0 saturated carbocycles. The molecule has 1 aromatic rings. The van der Waals surface area contributed by atoms with Gasteiger partial charge >= 0.3 is 0 Å². The van der Waals surface area contributed by atoms with E-state index in [0.717, 1.165) is 37.6 Å². The van der Waals surface area contributed by atoms with Crippen molar-refractivity contribution >= 4 is 0 Å². The van der Waals surface area contributed by atoms with Crippen molar-refractivity contribution in [1.29, 1.82) is 0 Å². The summed E-state index contributed by atoms with van der Waals surface area (Å²) in [6.45, 7) is 3.18. The first-order valence-corrected chi connectivity index (χ1v) is 6.38. The molecule has 0 radical (unpaired) electrons. The average Bonchev–Trinajstić information content (AvgIpc) is 2.62. The molecule has 0 aliphatic carbocycles. The van der Waals surface area contributed by atoms with Crippen LogP contribution >= 0.6 is 0 Å². The van der Waals surface area contributed by atoms with Crippen molar-refractivity contribution in [2.75, 3.05) is 40.9 Å². The summed E-state index contributed by atoms with van der Waals surface area (Å²) < 4.78 is 10.8. The molecule has 1 aliphatic rings. The van der Waals surface area contributed by atoms with Crippen LogP contribution in [0.5, 0.6) is 11.5 Å². The Morgan fingerprint density at radius 3 is 2.78 bits per heavy atom. The number of hydrogen-bond acceptors (Lipinski definition) is 4. The van der Waals surface area contributed by atoms with Gasteiger partial charge < -0.3 is 19.7 Å². The normalized spacial score (nSPS) is 21.4. The molecule has 1 atom stereocenters. The largest absolute Gasteiger partial charge is 0.497 e. The zero-order chi connectivity index (χ0) is 13.0. The minimum absolute atomic E-state index is 0.333. The maximum atomic E-state index is 5.46. The molecule has 0 amide bonds. The van der Waals surface area contributed by atoms with E-state index in [1.54, 1.807) is 14.2 Å². The molecule has 0 bridgehead atoms. The summed E-state index contributed by atoms with van der Waals surface area (Å²) in [5, 5.41) is 3.58. The van der Waals surface area contributed by atoms with Gasteiger partial charge in [0, 0.05) is 24.7 Å². The number of rotatable bonds is 3. The number of likely N-dealkylation sites (N-methyl/N-ethyl adjacent to an activating group) is 1. The van der Waals surface area contributed by atoms with Gasteiger partial charge in [0.15, 0.2) is 0 Å². The molecule has 1 heterocycles. The maximum Gasteiger partial charge on any atom is 0.123 e. The van der Waals surface area contributed by atoms with E-state index >= 15 is 0 Å². The number of hydrogen-bond donors (Lipinski definition) is 1. The van der Waals surface area contributed by atoms with E-state index < -0.39 is 0 Å². The monoisotopic (exact) mass is 250 g/mol. The summed E-state index contributed by atoms with van der Waals surface area (Å²) in [7, 11) is 5.57. The molecule has 18 heavy (non-hydrogen) atoms. The molecule has 2 rings (SSSR count). The van der Waals surface area contributed by atoms with Gasteiger partial charge in [-0.3, -0.25) is 0 Å². The van der Waals surface area contributed by atoms with Gasteiger partial charge in [-0.1, -0.05) is 0 Å². The lowest BCUT2D eigenvalue weighted by atomic mass is 10.0. The zero-order valence-electron chi connectivity index (χ0n) is 11.4. The summed E-state index contributed by atoms with van der Waals surface area (Å²) >= 11 is 0. The molecular weight excluding hydrogens is 228 g/mol. The second-order valence-corrected chi connectivity index (χ2v) is 4.71. The molecule has 1 saturated heterocycles. The number of ether oxygens (including phenoxy) is 2. The number of benzene rings is 1. The van der Waals surface area contributed by atoms with Gasteiger partial charge in [-0.15, -0.1) is 0 Å². The highest BCUT2D eigenvalue weighted by Crippen LogP contribution is 2.31. The number of nitrogens with one attached hydrogen (secondary N) is 1. The minimum Gasteiger partial charge on any atom is -0.497 e. The van der Waals surface area contributed by atoms with Crippen molar-refractivity contribution in [1.82, 2.24) is 10.2 Å². The lowest BCUT2D eigenvalue weighted by molar-refractivity contribution is 0.353. The van der Waals surface area contributed by atoms with E-state index in [1.165, 1.54) is 5.56 Å². The highest BCUT2D eigenvalue weighted by atomic mass is 16.5. The standard InChI is InChI=1S/C14H22N2O2/c1-16-8-6-13(15-7-9-16)12-10-11(17-2)4-5-14(12)18-3/h4-5,10,13,15H,6-9H2,1-3H3. The highest BCUT2D eigenvalue weighted by Gasteiger charge is 2.19. The van der Waals surface area contributed by atoms with Crippen molar-refractivity contribution in [2.45, 2.75) is 12.5 Å². The van der Waals surface area contributed by atoms with E-state index in [1.807, 2.05) is 12.1 Å². The molecular formula is C14H22N2O2. The average molecular weight is 250 g/mol. The fourth-order valence-electron chi connectivity index (χ4n) is 2.37. The van der Waals surface area contributed by atoms with Crippen molar-refractivity contribution in [3.8, 4) is 11.5 Å². The Balaban J connectivity index is 2.24. The third kappa shape index (κ3) is 2.94. The van der Waals surface area contributed by atoms with Crippen LogP contribution in [0.25, 0.3) is 0 Å². The van der Waals surface area contributed by atoms with Crippen LogP contribution in [0.2, 0.25) is 0 Å². The Kier molecular flexibility index (Phi) is 4.44. The van der Waals surface area contributed by atoms with Gasteiger partial charge in [-0.25, -0.2) is 0 Å². The van der Waals surface area contributed by atoms with Crippen molar-refractivity contribution in [3.05, 3.63) is 23.8 Å². The van der Waals surface area contributed by atoms with E-state index in [4.69, 9.17) is 9.47 Å². The summed E-state index contributed by atoms with van der Waals surface area (Å²) in [6, 6.07) is 6.32. The molecule has 4 heteroatoms. The van der Waals surface area contributed by atoms with Crippen LogP contribution in [0.1, 0.15) is 18.0 Å². The second-order valence-electron chi connectivity index (χ2n) is 4.71. The first-order valence-electron chi connectivity index (χ1n) is 6.38. The molecule has 0 aromatic heterocycles. The van der Waals surface area contributed by atoms with Crippen LogP contribution < -0.4 is 14.8 Å². The van der Waals surface area contributed by atoms with Gasteiger partial charge in [0.25, 0.3) is 0 Å². The van der Waals surface area contributed by atoms with Gasteiger partial charge in [-0.05, 0) is 38.2 Å². The Labute approximate surface area is 109 Å². The predicted molar refractivity (Wildman–Crippen MR) is 72.4 cm³/mol. The van der Waals surface area contributed by atoms with Gasteiger partial charge in [0.05, 0.1) is 14.2 Å². The summed E-state index contributed by atoms with van der Waals surface area (Å²) in [5.74, 6) is 1.81. The first-order chi connectivity index (χ1) is 8.74. The van der Waals surface area contributed by atoms with E-state index in [0.29, 0.717) is 6.04 Å². The van der Waals surface area contributed by atoms with E-state index in [9.17, 15) is 0 Å². The molecule has 1 aromatic carbocycles. The molecule has 1 aliphatic heterocycles. The summed E-state index contributed by atoms with van der Waals surface area (Å²) in [6.07, 6.45) is 1.08. The van der Waals surface area contributed by atoms with Gasteiger partial charge in [0.2, 0.25) is 0 Å². The first kappa shape index (κ1) is 13.2. The van der Waals surface area contributed by atoms with Crippen LogP contribution in [-0.2, 0) is 0 Å². The quantitative estimate of drug-likeness (QED) is 0.885. The zero-order valence-corrected chi connectivity index (χ0v) is 11.4. The van der Waals surface area contributed by atoms with Gasteiger partial charge in [-0.2, -0.15) is 0 Å². The molecule has 1 fully saturated rings. The third-order valence-corrected chi connectivity index (χ3v) is 3.50. The van der Waals surface area contributed by atoms with Crippen molar-refractivity contribution in [2.24, 2.45) is 0 Å². The van der Waals surface area contributed by atoms with E-state index in [2.05, 4.69) is 23.3 Å². The Morgan fingerprint density at radius 1 is 1.22 bits per heavy atom. The Hall–Kier alpha value is -1.26. The lowest BCUT2D eigenvalue weighted by Gasteiger charge is -2.19. The fraction of sp³-hybridized carbons (Fsp3) is 0.571. The highest BCUT2D eigenvalue weighted by molar-refractivity contribution is 5.42. The summed E-state index contributed by atoms with van der Waals surface area (Å²) in [4.78, 5) is 2.35. The van der Waals surface area contributed by atoms with Gasteiger partial charge in [0.1, 0.15) is 11.5 Å². The molecule has 0 spiro atoms. The van der Waals surface area contributed by atoms with Crippen LogP contribution in [0.4, 0.5) is 0 Å². The minimum atomic E-state index is 0.333. The van der Waals surface area contributed by atoms with Crippen molar-refractivity contribution in [3.63, 3.8) is 0 Å². The molecule has 1 unspecified atom stereocenters. The van der Waals surface area contributed by atoms with Crippen LogP contribution in [0.15, 0.2) is 18.2 Å². The fourth-order valence-corrected chi connectivity index (χ4v) is 2.37. The smallest absolute Gasteiger partial charge is 0.123 e. The molecule has 1 N–H and O–H groups in total. The third-order valence-electron chi connectivity index (χ3n) is 3.50. The Bertz CT molecular complexity index is 395. The molecule has 100 valence electrons. The Morgan fingerprint density at radius 2 is 2.06 bits per heavy atom. The summed E-state index contributed by atoms with van der Waals surface area (Å²) in [5.41, 5.74) is 1.19.